The van der Waals surface area contributed by atoms with Crippen LogP contribution < -0.4 is 10.9 Å². The number of aromatic nitrogens is 2. The lowest BCUT2D eigenvalue weighted by Gasteiger charge is -2.12. The van der Waals surface area contributed by atoms with Crippen molar-refractivity contribution < 1.29 is 4.79 Å². The van der Waals surface area contributed by atoms with Gasteiger partial charge in [0.05, 0.1) is 10.9 Å². The second-order valence-corrected chi connectivity index (χ2v) is 8.22. The Balaban J connectivity index is 1.98. The molecule has 134 valence electrons. The molecule has 1 aromatic carbocycles. The molecule has 0 fully saturated rings. The normalized spacial score (nSPS) is 12.0. The molecule has 0 aliphatic rings. The third kappa shape index (κ3) is 6.76. The number of halogens is 1. The zero-order valence-corrected chi connectivity index (χ0v) is 16.4. The first-order valence-electron chi connectivity index (χ1n) is 7.89. The van der Waals surface area contributed by atoms with E-state index < -0.39 is 5.25 Å². The zero-order valence-electron chi connectivity index (χ0n) is 14.0. The fraction of sp³-hybridized carbons (Fsp3) is 0.353. The topological polar surface area (TPSA) is 74.8 Å². The van der Waals surface area contributed by atoms with Gasteiger partial charge in [0.25, 0.3) is 5.56 Å². The second kappa shape index (κ2) is 9.89. The minimum absolute atomic E-state index is 0.166. The maximum Gasteiger partial charge on any atom is 0.251 e. The van der Waals surface area contributed by atoms with Gasteiger partial charge in [-0.05, 0) is 43.4 Å². The lowest BCUT2D eigenvalue weighted by Crippen LogP contribution is -2.23. The zero-order chi connectivity index (χ0) is 18.2. The Bertz CT molecular complexity index is 765. The summed E-state index contributed by atoms with van der Waals surface area (Å²) in [5.74, 6) is 1.55. The van der Waals surface area contributed by atoms with E-state index in [1.807, 2.05) is 0 Å². The van der Waals surface area contributed by atoms with Gasteiger partial charge >= 0.3 is 0 Å². The Labute approximate surface area is 160 Å². The molecule has 8 heteroatoms. The Morgan fingerprint density at radius 3 is 2.76 bits per heavy atom. The summed E-state index contributed by atoms with van der Waals surface area (Å²) in [4.78, 5) is 31.2. The number of carbonyl (C=O) groups is 1. The third-order valence-corrected chi connectivity index (χ3v) is 5.57. The van der Waals surface area contributed by atoms with Crippen molar-refractivity contribution in [1.82, 2.24) is 9.97 Å². The lowest BCUT2D eigenvalue weighted by molar-refractivity contribution is -0.115. The first-order valence-corrected chi connectivity index (χ1v) is 10.3. The number of aromatic amines is 1. The highest BCUT2D eigenvalue weighted by atomic mass is 35.5. The number of H-pyrrole nitrogens is 1. The predicted octanol–water partition coefficient (Wildman–Crippen LogP) is 4.19. The van der Waals surface area contributed by atoms with Crippen LogP contribution in [-0.4, -0.2) is 26.9 Å². The first kappa shape index (κ1) is 19.9. The van der Waals surface area contributed by atoms with Crippen LogP contribution in [0.25, 0.3) is 0 Å². The SMILES string of the molecule is CCCSCc1cc(=O)[nH]c(SC(C)C(=O)Nc2ccc(Cl)cc2)n1. The van der Waals surface area contributed by atoms with E-state index in [0.717, 1.165) is 17.9 Å². The molecule has 2 N–H and O–H groups in total. The number of thioether (sulfide) groups is 2. The molecular formula is C17H20ClN3O2S2. The Morgan fingerprint density at radius 2 is 2.08 bits per heavy atom. The average molecular weight is 398 g/mol. The smallest absolute Gasteiger partial charge is 0.251 e. The van der Waals surface area contributed by atoms with Crippen LogP contribution in [0.3, 0.4) is 0 Å². The van der Waals surface area contributed by atoms with E-state index in [1.165, 1.54) is 17.8 Å². The molecule has 1 unspecified atom stereocenters. The van der Waals surface area contributed by atoms with Crippen LogP contribution >= 0.6 is 35.1 Å². The average Bonchev–Trinajstić information content (AvgIpc) is 2.56. The molecule has 1 heterocycles. The monoisotopic (exact) mass is 397 g/mol. The molecule has 0 radical (unpaired) electrons. The molecule has 2 rings (SSSR count). The third-order valence-electron chi connectivity index (χ3n) is 3.14. The summed E-state index contributed by atoms with van der Waals surface area (Å²) >= 11 is 8.80. The highest BCUT2D eigenvalue weighted by Crippen LogP contribution is 2.21. The van der Waals surface area contributed by atoms with Gasteiger partial charge in [-0.15, -0.1) is 0 Å². The van der Waals surface area contributed by atoms with Crippen LogP contribution in [0.15, 0.2) is 40.3 Å². The van der Waals surface area contributed by atoms with E-state index in [9.17, 15) is 9.59 Å². The summed E-state index contributed by atoms with van der Waals surface area (Å²) in [6.45, 7) is 3.88. The Morgan fingerprint density at radius 1 is 1.36 bits per heavy atom. The van der Waals surface area contributed by atoms with Gasteiger partial charge in [-0.2, -0.15) is 11.8 Å². The van der Waals surface area contributed by atoms with Crippen molar-refractivity contribution in [1.29, 1.82) is 0 Å². The molecule has 5 nitrogen and oxygen atoms in total. The second-order valence-electron chi connectivity index (χ2n) is 5.35. The van der Waals surface area contributed by atoms with Crippen LogP contribution in [0, 0.1) is 0 Å². The number of carbonyl (C=O) groups excluding carboxylic acids is 1. The van der Waals surface area contributed by atoms with Crippen LogP contribution in [-0.2, 0) is 10.5 Å². The van der Waals surface area contributed by atoms with Crippen molar-refractivity contribution in [2.45, 2.75) is 36.4 Å². The van der Waals surface area contributed by atoms with Crippen molar-refractivity contribution in [3.05, 3.63) is 51.4 Å². The number of hydrogen-bond acceptors (Lipinski definition) is 5. The molecule has 0 saturated heterocycles. The summed E-state index contributed by atoms with van der Waals surface area (Å²) in [5.41, 5.74) is 1.21. The van der Waals surface area contributed by atoms with Gasteiger partial charge in [-0.3, -0.25) is 9.59 Å². The molecule has 1 amide bonds. The van der Waals surface area contributed by atoms with Crippen molar-refractivity contribution >= 4 is 46.7 Å². The summed E-state index contributed by atoms with van der Waals surface area (Å²) in [6, 6.07) is 8.41. The van der Waals surface area contributed by atoms with E-state index in [0.29, 0.717) is 21.6 Å². The van der Waals surface area contributed by atoms with E-state index >= 15 is 0 Å². The van der Waals surface area contributed by atoms with Gasteiger partial charge < -0.3 is 10.3 Å². The number of benzene rings is 1. The van der Waals surface area contributed by atoms with Gasteiger partial charge in [0, 0.05) is 22.5 Å². The van der Waals surface area contributed by atoms with Crippen LogP contribution in [0.5, 0.6) is 0 Å². The van der Waals surface area contributed by atoms with Gasteiger partial charge in [0.2, 0.25) is 5.91 Å². The molecule has 2 aromatic rings. The molecule has 1 atom stereocenters. The quantitative estimate of drug-likeness (QED) is 0.397. The number of hydrogen-bond donors (Lipinski definition) is 2. The molecule has 0 bridgehead atoms. The van der Waals surface area contributed by atoms with Crippen LogP contribution in [0.2, 0.25) is 5.02 Å². The summed E-state index contributed by atoms with van der Waals surface area (Å²) in [7, 11) is 0. The van der Waals surface area contributed by atoms with Crippen molar-refractivity contribution in [3.63, 3.8) is 0 Å². The minimum atomic E-state index is -0.405. The van der Waals surface area contributed by atoms with Crippen molar-refractivity contribution in [2.75, 3.05) is 11.1 Å². The Hall–Kier alpha value is -1.44. The molecular weight excluding hydrogens is 378 g/mol. The maximum atomic E-state index is 12.3. The van der Waals surface area contributed by atoms with E-state index in [4.69, 9.17) is 11.6 Å². The first-order chi connectivity index (χ1) is 12.0. The number of rotatable bonds is 8. The van der Waals surface area contributed by atoms with E-state index in [2.05, 4.69) is 22.2 Å². The molecule has 1 aromatic heterocycles. The summed E-state index contributed by atoms with van der Waals surface area (Å²) in [5, 5.41) is 3.48. The molecule has 25 heavy (non-hydrogen) atoms. The number of nitrogens with zero attached hydrogens (tertiary/aromatic N) is 1. The number of amides is 1. The van der Waals surface area contributed by atoms with Crippen LogP contribution in [0.1, 0.15) is 26.0 Å². The Kier molecular flexibility index (Phi) is 7.87. The number of anilines is 1. The lowest BCUT2D eigenvalue weighted by atomic mass is 10.3. The van der Waals surface area contributed by atoms with Crippen LogP contribution in [0.4, 0.5) is 5.69 Å². The maximum absolute atomic E-state index is 12.3. The minimum Gasteiger partial charge on any atom is -0.325 e. The number of nitrogens with one attached hydrogen (secondary N) is 2. The molecule has 0 spiro atoms. The summed E-state index contributed by atoms with van der Waals surface area (Å²) < 4.78 is 0. The summed E-state index contributed by atoms with van der Waals surface area (Å²) in [6.07, 6.45) is 1.08. The predicted molar refractivity (Wildman–Crippen MR) is 107 cm³/mol. The van der Waals surface area contributed by atoms with E-state index in [1.54, 1.807) is 43.0 Å². The molecule has 0 aliphatic heterocycles. The highest BCUT2D eigenvalue weighted by molar-refractivity contribution is 8.00. The van der Waals surface area contributed by atoms with Crippen molar-refractivity contribution in [2.24, 2.45) is 0 Å². The fourth-order valence-corrected chi connectivity index (χ4v) is 3.68. The molecule has 0 saturated carbocycles. The van der Waals surface area contributed by atoms with Gasteiger partial charge in [-0.25, -0.2) is 4.98 Å². The van der Waals surface area contributed by atoms with Gasteiger partial charge in [0.15, 0.2) is 5.16 Å². The molecule has 0 aliphatic carbocycles. The van der Waals surface area contributed by atoms with Crippen molar-refractivity contribution in [3.8, 4) is 0 Å². The van der Waals surface area contributed by atoms with Gasteiger partial charge in [0.1, 0.15) is 0 Å². The largest absolute Gasteiger partial charge is 0.325 e. The standard InChI is InChI=1S/C17H20ClN3O2S2/c1-3-8-24-10-14-9-15(22)21-17(20-14)25-11(2)16(23)19-13-6-4-12(18)5-7-13/h4-7,9,11H,3,8,10H2,1-2H3,(H,19,23)(H,20,21,22). The van der Waals surface area contributed by atoms with E-state index in [-0.39, 0.29) is 11.5 Å². The highest BCUT2D eigenvalue weighted by Gasteiger charge is 2.16. The fourth-order valence-electron chi connectivity index (χ4n) is 1.93. The van der Waals surface area contributed by atoms with Gasteiger partial charge in [-0.1, -0.05) is 30.3 Å².